The first kappa shape index (κ1) is 18.6. The highest BCUT2D eigenvalue weighted by atomic mass is 32.2. The van der Waals surface area contributed by atoms with Gasteiger partial charge < -0.3 is 9.84 Å². The second-order valence-electron chi connectivity index (χ2n) is 6.53. The summed E-state index contributed by atoms with van der Waals surface area (Å²) in [5.74, 6) is 0.253. The van der Waals surface area contributed by atoms with Gasteiger partial charge in [0.1, 0.15) is 4.90 Å². The molecule has 7 nitrogen and oxygen atoms in total. The molecule has 1 N–H and O–H groups in total. The highest BCUT2D eigenvalue weighted by Gasteiger charge is 2.39. The number of carbonyl (C=O) groups excluding carboxylic acids is 1. The fourth-order valence-corrected chi connectivity index (χ4v) is 5.12. The number of hydrogen-bond donors (Lipinski definition) is 1. The summed E-state index contributed by atoms with van der Waals surface area (Å²) in [6, 6.07) is 6.43. The van der Waals surface area contributed by atoms with Gasteiger partial charge in [-0.1, -0.05) is 18.1 Å². The number of nitrogens with one attached hydrogen (secondary N) is 1. The standard InChI is InChI=1S/C18H23N3O4S/c1-4-14-11-17(25-20-14)16-6-5-9-21(16)26(23,24)18-10-12(2)7-8-15(18)19-13(3)22/h7-8,10-11,16H,4-6,9H2,1-3H3,(H,19,22). The Hall–Kier alpha value is -2.19. The van der Waals surface area contributed by atoms with E-state index in [0.29, 0.717) is 24.4 Å². The zero-order valence-electron chi connectivity index (χ0n) is 15.2. The molecule has 0 spiro atoms. The number of rotatable bonds is 5. The SMILES string of the molecule is CCc1cc(C2CCCN2S(=O)(=O)c2cc(C)ccc2NC(C)=O)on1. The van der Waals surface area contributed by atoms with Crippen LogP contribution in [0.3, 0.4) is 0 Å². The molecule has 1 saturated heterocycles. The van der Waals surface area contributed by atoms with Crippen molar-refractivity contribution in [1.82, 2.24) is 9.46 Å². The van der Waals surface area contributed by atoms with Crippen LogP contribution in [0.5, 0.6) is 0 Å². The molecule has 2 aromatic rings. The first-order valence-electron chi connectivity index (χ1n) is 8.68. The molecular weight excluding hydrogens is 354 g/mol. The molecule has 0 radical (unpaired) electrons. The van der Waals surface area contributed by atoms with E-state index in [-0.39, 0.29) is 16.8 Å². The molecule has 140 valence electrons. The van der Waals surface area contributed by atoms with Crippen molar-refractivity contribution in [2.24, 2.45) is 0 Å². The predicted octanol–water partition coefficient (Wildman–Crippen LogP) is 3.03. The number of nitrogens with zero attached hydrogens (tertiary/aromatic N) is 2. The van der Waals surface area contributed by atoms with Crippen molar-refractivity contribution in [2.45, 2.75) is 51.0 Å². The fourth-order valence-electron chi connectivity index (χ4n) is 3.23. The summed E-state index contributed by atoms with van der Waals surface area (Å²) in [5.41, 5.74) is 1.90. The average molecular weight is 377 g/mol. The van der Waals surface area contributed by atoms with E-state index in [1.165, 1.54) is 11.2 Å². The molecular formula is C18H23N3O4S. The highest BCUT2D eigenvalue weighted by molar-refractivity contribution is 7.89. The molecule has 1 aromatic carbocycles. The number of hydrogen-bond acceptors (Lipinski definition) is 5. The molecule has 0 bridgehead atoms. The van der Waals surface area contributed by atoms with E-state index < -0.39 is 10.0 Å². The van der Waals surface area contributed by atoms with E-state index in [4.69, 9.17) is 4.52 Å². The van der Waals surface area contributed by atoms with Gasteiger partial charge >= 0.3 is 0 Å². The Bertz CT molecular complexity index is 920. The largest absolute Gasteiger partial charge is 0.359 e. The molecule has 1 aliphatic heterocycles. The minimum Gasteiger partial charge on any atom is -0.359 e. The second kappa shape index (κ2) is 7.20. The van der Waals surface area contributed by atoms with Gasteiger partial charge in [0.2, 0.25) is 15.9 Å². The smallest absolute Gasteiger partial charge is 0.245 e. The molecule has 1 unspecified atom stereocenters. The summed E-state index contributed by atoms with van der Waals surface area (Å²) in [4.78, 5) is 11.6. The molecule has 1 aliphatic rings. The molecule has 1 fully saturated rings. The van der Waals surface area contributed by atoms with Crippen LogP contribution in [-0.4, -0.2) is 30.3 Å². The summed E-state index contributed by atoms with van der Waals surface area (Å²) in [6.07, 6.45) is 2.15. The first-order valence-corrected chi connectivity index (χ1v) is 10.1. The molecule has 1 atom stereocenters. The lowest BCUT2D eigenvalue weighted by atomic mass is 10.1. The van der Waals surface area contributed by atoms with E-state index >= 15 is 0 Å². The number of aryl methyl sites for hydroxylation is 2. The van der Waals surface area contributed by atoms with Crippen LogP contribution in [-0.2, 0) is 21.2 Å². The number of benzene rings is 1. The number of anilines is 1. The van der Waals surface area contributed by atoms with Crippen LogP contribution in [0.2, 0.25) is 0 Å². The van der Waals surface area contributed by atoms with Crippen LogP contribution in [0.4, 0.5) is 5.69 Å². The lowest BCUT2D eigenvalue weighted by molar-refractivity contribution is -0.114. The minimum absolute atomic E-state index is 0.106. The minimum atomic E-state index is -3.80. The molecule has 8 heteroatoms. The molecule has 1 aromatic heterocycles. The molecule has 1 amide bonds. The van der Waals surface area contributed by atoms with Crippen LogP contribution >= 0.6 is 0 Å². The summed E-state index contributed by atoms with van der Waals surface area (Å²) >= 11 is 0. The van der Waals surface area contributed by atoms with E-state index in [2.05, 4.69) is 10.5 Å². The topological polar surface area (TPSA) is 92.5 Å². The third-order valence-corrected chi connectivity index (χ3v) is 6.45. The maximum absolute atomic E-state index is 13.4. The van der Waals surface area contributed by atoms with Crippen LogP contribution < -0.4 is 5.32 Å². The Morgan fingerprint density at radius 1 is 1.38 bits per heavy atom. The van der Waals surface area contributed by atoms with Crippen molar-refractivity contribution in [1.29, 1.82) is 0 Å². The number of aromatic nitrogens is 1. The Morgan fingerprint density at radius 3 is 2.81 bits per heavy atom. The summed E-state index contributed by atoms with van der Waals surface area (Å²) in [5, 5.41) is 6.60. The lowest BCUT2D eigenvalue weighted by Crippen LogP contribution is -2.31. The lowest BCUT2D eigenvalue weighted by Gasteiger charge is -2.23. The van der Waals surface area contributed by atoms with Gasteiger partial charge in [-0.2, -0.15) is 4.31 Å². The zero-order chi connectivity index (χ0) is 18.9. The Labute approximate surface area is 153 Å². The van der Waals surface area contributed by atoms with Crippen molar-refractivity contribution < 1.29 is 17.7 Å². The van der Waals surface area contributed by atoms with Crippen LogP contribution in [0, 0.1) is 6.92 Å². The van der Waals surface area contributed by atoms with Crippen molar-refractivity contribution in [3.63, 3.8) is 0 Å². The summed E-state index contributed by atoms with van der Waals surface area (Å²) in [6.45, 7) is 5.55. The molecule has 3 rings (SSSR count). The maximum Gasteiger partial charge on any atom is 0.245 e. The number of amides is 1. The van der Waals surface area contributed by atoms with Crippen molar-refractivity contribution in [2.75, 3.05) is 11.9 Å². The van der Waals surface area contributed by atoms with Gasteiger partial charge in [-0.3, -0.25) is 4.79 Å². The zero-order valence-corrected chi connectivity index (χ0v) is 16.0. The summed E-state index contributed by atoms with van der Waals surface area (Å²) in [7, 11) is -3.80. The number of sulfonamides is 1. The quantitative estimate of drug-likeness (QED) is 0.864. The average Bonchev–Trinajstić information content (AvgIpc) is 3.24. The van der Waals surface area contributed by atoms with Gasteiger partial charge in [0.15, 0.2) is 5.76 Å². The van der Waals surface area contributed by atoms with Gasteiger partial charge in [0.25, 0.3) is 0 Å². The van der Waals surface area contributed by atoms with Crippen LogP contribution in [0.1, 0.15) is 49.7 Å². The normalized spacial score (nSPS) is 18.2. The Morgan fingerprint density at radius 2 is 2.15 bits per heavy atom. The van der Waals surface area contributed by atoms with Gasteiger partial charge in [0.05, 0.1) is 17.4 Å². The van der Waals surface area contributed by atoms with Gasteiger partial charge in [-0.25, -0.2) is 8.42 Å². The Kier molecular flexibility index (Phi) is 5.15. The van der Waals surface area contributed by atoms with Crippen molar-refractivity contribution in [3.8, 4) is 0 Å². The van der Waals surface area contributed by atoms with E-state index in [9.17, 15) is 13.2 Å². The molecule has 2 heterocycles. The second-order valence-corrected chi connectivity index (χ2v) is 8.39. The van der Waals surface area contributed by atoms with Gasteiger partial charge in [-0.05, 0) is 43.9 Å². The fraction of sp³-hybridized carbons (Fsp3) is 0.444. The van der Waals surface area contributed by atoms with Gasteiger partial charge in [0, 0.05) is 19.5 Å². The monoisotopic (exact) mass is 377 g/mol. The third-order valence-electron chi connectivity index (χ3n) is 4.51. The van der Waals surface area contributed by atoms with Gasteiger partial charge in [-0.15, -0.1) is 0 Å². The molecule has 0 saturated carbocycles. The third kappa shape index (κ3) is 3.52. The van der Waals surface area contributed by atoms with Crippen molar-refractivity contribution in [3.05, 3.63) is 41.3 Å². The highest BCUT2D eigenvalue weighted by Crippen LogP contribution is 2.38. The maximum atomic E-state index is 13.4. The van der Waals surface area contributed by atoms with Crippen LogP contribution in [0.25, 0.3) is 0 Å². The van der Waals surface area contributed by atoms with Crippen molar-refractivity contribution >= 4 is 21.6 Å². The van der Waals surface area contributed by atoms with E-state index in [1.807, 2.05) is 19.9 Å². The summed E-state index contributed by atoms with van der Waals surface area (Å²) < 4.78 is 33.6. The molecule has 0 aliphatic carbocycles. The molecule has 26 heavy (non-hydrogen) atoms. The first-order chi connectivity index (χ1) is 12.3. The number of carbonyl (C=O) groups is 1. The predicted molar refractivity (Wildman–Crippen MR) is 97.2 cm³/mol. The Balaban J connectivity index is 2.01. The van der Waals surface area contributed by atoms with Crippen LogP contribution in [0.15, 0.2) is 33.7 Å². The van der Waals surface area contributed by atoms with E-state index in [0.717, 1.165) is 24.1 Å². The van der Waals surface area contributed by atoms with E-state index in [1.54, 1.807) is 18.2 Å².